The number of benzene rings is 1. The van der Waals surface area contributed by atoms with Crippen LogP contribution in [0.15, 0.2) is 18.2 Å². The molecule has 0 aliphatic heterocycles. The van der Waals surface area contributed by atoms with E-state index >= 15 is 0 Å². The highest BCUT2D eigenvalue weighted by molar-refractivity contribution is 5.37. The van der Waals surface area contributed by atoms with E-state index in [2.05, 4.69) is 0 Å². The minimum atomic E-state index is -2.47. The second kappa shape index (κ2) is 5.66. The van der Waals surface area contributed by atoms with Crippen LogP contribution in [0.3, 0.4) is 0 Å². The molecule has 0 heterocycles. The normalized spacial score (nSPS) is 10.7. The van der Waals surface area contributed by atoms with E-state index in [1.54, 1.807) is 0 Å². The molecule has 0 aromatic heterocycles. The number of halogens is 2. The molecule has 1 aromatic rings. The first-order valence-electron chi connectivity index (χ1n) is 4.75. The predicted octanol–water partition coefficient (Wildman–Crippen LogP) is 2.56. The summed E-state index contributed by atoms with van der Waals surface area (Å²) >= 11 is 0. The lowest BCUT2D eigenvalue weighted by molar-refractivity contribution is 0.151. The van der Waals surface area contributed by atoms with Crippen LogP contribution in [0.5, 0.6) is 5.75 Å². The van der Waals surface area contributed by atoms with Gasteiger partial charge in [-0.05, 0) is 36.6 Å². The van der Waals surface area contributed by atoms with Crippen LogP contribution < -0.4 is 4.74 Å². The van der Waals surface area contributed by atoms with Crippen LogP contribution in [0, 0.1) is 0 Å². The van der Waals surface area contributed by atoms with Crippen molar-refractivity contribution < 1.29 is 18.6 Å². The summed E-state index contributed by atoms with van der Waals surface area (Å²) in [6.45, 7) is 0.0437. The molecule has 0 saturated carbocycles. The van der Waals surface area contributed by atoms with E-state index in [4.69, 9.17) is 9.84 Å². The summed E-state index contributed by atoms with van der Waals surface area (Å²) in [5.41, 5.74) is 0.702. The number of aliphatic hydroxyl groups is 1. The van der Waals surface area contributed by atoms with Gasteiger partial charge < -0.3 is 9.84 Å². The third-order valence-corrected chi connectivity index (χ3v) is 2.16. The number of alkyl halides is 2. The molecule has 0 spiro atoms. The van der Waals surface area contributed by atoms with Crippen LogP contribution in [0.25, 0.3) is 0 Å². The zero-order valence-corrected chi connectivity index (χ0v) is 8.54. The smallest absolute Gasteiger partial charge is 0.263 e. The monoisotopic (exact) mass is 216 g/mol. The highest BCUT2D eigenvalue weighted by atomic mass is 19.3. The van der Waals surface area contributed by atoms with Crippen molar-refractivity contribution in [3.63, 3.8) is 0 Å². The molecule has 1 rings (SSSR count). The highest BCUT2D eigenvalue weighted by Crippen LogP contribution is 2.26. The Hall–Kier alpha value is -1.16. The second-order valence-electron chi connectivity index (χ2n) is 3.20. The van der Waals surface area contributed by atoms with Gasteiger partial charge in [0.15, 0.2) is 0 Å². The van der Waals surface area contributed by atoms with Gasteiger partial charge in [-0.1, -0.05) is 0 Å². The van der Waals surface area contributed by atoms with Crippen molar-refractivity contribution in [1.82, 2.24) is 0 Å². The maximum absolute atomic E-state index is 12.4. The molecule has 0 atom stereocenters. The van der Waals surface area contributed by atoms with Gasteiger partial charge in [0.05, 0.1) is 7.11 Å². The molecule has 0 bridgehead atoms. The molecule has 84 valence electrons. The molecule has 2 nitrogen and oxygen atoms in total. The summed E-state index contributed by atoms with van der Waals surface area (Å²) in [5.74, 6) is 0.591. The van der Waals surface area contributed by atoms with Crippen LogP contribution in [0.1, 0.15) is 24.0 Å². The fourth-order valence-corrected chi connectivity index (χ4v) is 1.40. The van der Waals surface area contributed by atoms with Gasteiger partial charge in [0.2, 0.25) is 0 Å². The largest absolute Gasteiger partial charge is 0.496 e. The lowest BCUT2D eigenvalue weighted by atomic mass is 10.1. The van der Waals surface area contributed by atoms with Crippen molar-refractivity contribution in [3.05, 3.63) is 29.3 Å². The van der Waals surface area contributed by atoms with Crippen molar-refractivity contribution in [1.29, 1.82) is 0 Å². The van der Waals surface area contributed by atoms with Gasteiger partial charge in [0.1, 0.15) is 5.75 Å². The van der Waals surface area contributed by atoms with E-state index in [-0.39, 0.29) is 12.2 Å². The Balaban J connectivity index is 2.91. The molecule has 0 aliphatic carbocycles. The van der Waals surface area contributed by atoms with Gasteiger partial charge in [-0.15, -0.1) is 0 Å². The highest BCUT2D eigenvalue weighted by Gasteiger charge is 2.10. The molecular weight excluding hydrogens is 202 g/mol. The molecule has 0 aliphatic rings. The van der Waals surface area contributed by atoms with Gasteiger partial charge in [-0.3, -0.25) is 0 Å². The standard InChI is InChI=1S/C11H14F2O2/c1-15-10-5-4-9(11(12)13)7-8(10)3-2-6-14/h4-5,7,11,14H,2-3,6H2,1H3. The summed E-state index contributed by atoms with van der Waals surface area (Å²) in [7, 11) is 1.50. The first kappa shape index (κ1) is 11.9. The third kappa shape index (κ3) is 3.16. The van der Waals surface area contributed by atoms with Crippen LogP contribution in [-0.2, 0) is 6.42 Å². The van der Waals surface area contributed by atoms with Gasteiger partial charge in [-0.25, -0.2) is 8.78 Å². The van der Waals surface area contributed by atoms with Crippen molar-refractivity contribution in [3.8, 4) is 5.75 Å². The SMILES string of the molecule is COc1ccc(C(F)F)cc1CCCO. The Labute approximate surface area is 87.5 Å². The summed E-state index contributed by atoms with van der Waals surface area (Å²) in [5, 5.41) is 8.68. The average Bonchev–Trinajstić information content (AvgIpc) is 2.25. The first-order chi connectivity index (χ1) is 7.19. The fourth-order valence-electron chi connectivity index (χ4n) is 1.40. The van der Waals surface area contributed by atoms with Crippen LogP contribution in [0.4, 0.5) is 8.78 Å². The van der Waals surface area contributed by atoms with Crippen molar-refractivity contribution >= 4 is 0 Å². The van der Waals surface area contributed by atoms with Crippen LogP contribution in [-0.4, -0.2) is 18.8 Å². The molecule has 0 amide bonds. The Morgan fingerprint density at radius 2 is 2.13 bits per heavy atom. The number of hydrogen-bond acceptors (Lipinski definition) is 2. The third-order valence-electron chi connectivity index (χ3n) is 2.16. The Morgan fingerprint density at radius 3 is 2.67 bits per heavy atom. The summed E-state index contributed by atoms with van der Waals surface area (Å²) in [6, 6.07) is 4.32. The maximum Gasteiger partial charge on any atom is 0.263 e. The number of methoxy groups -OCH3 is 1. The van der Waals surface area contributed by atoms with Gasteiger partial charge in [-0.2, -0.15) is 0 Å². The quantitative estimate of drug-likeness (QED) is 0.819. The van der Waals surface area contributed by atoms with Crippen LogP contribution in [0.2, 0.25) is 0 Å². The molecule has 0 fully saturated rings. The molecule has 0 unspecified atom stereocenters. The lowest BCUT2D eigenvalue weighted by Crippen LogP contribution is -1.96. The lowest BCUT2D eigenvalue weighted by Gasteiger charge is -2.09. The molecule has 0 radical (unpaired) electrons. The van der Waals surface area contributed by atoms with E-state index < -0.39 is 6.43 Å². The number of hydrogen-bond donors (Lipinski definition) is 1. The van der Waals surface area contributed by atoms with Crippen molar-refractivity contribution in [2.24, 2.45) is 0 Å². The Kier molecular flexibility index (Phi) is 4.49. The first-order valence-corrected chi connectivity index (χ1v) is 4.75. The molecule has 4 heteroatoms. The minimum Gasteiger partial charge on any atom is -0.496 e. The van der Waals surface area contributed by atoms with Gasteiger partial charge in [0, 0.05) is 12.2 Å². The zero-order chi connectivity index (χ0) is 11.3. The minimum absolute atomic E-state index is 0.0104. The van der Waals surface area contributed by atoms with E-state index in [0.717, 1.165) is 0 Å². The van der Waals surface area contributed by atoms with E-state index in [1.807, 2.05) is 0 Å². The zero-order valence-electron chi connectivity index (χ0n) is 8.54. The Bertz CT molecular complexity index is 313. The van der Waals surface area contributed by atoms with E-state index in [1.165, 1.54) is 25.3 Å². The molecule has 0 saturated heterocycles. The maximum atomic E-state index is 12.4. The van der Waals surface area contributed by atoms with E-state index in [0.29, 0.717) is 24.2 Å². The fraction of sp³-hybridized carbons (Fsp3) is 0.455. The summed E-state index contributed by atoms with van der Waals surface area (Å²) in [4.78, 5) is 0. The van der Waals surface area contributed by atoms with Gasteiger partial charge in [0.25, 0.3) is 6.43 Å². The number of aryl methyl sites for hydroxylation is 1. The number of aliphatic hydroxyl groups excluding tert-OH is 1. The number of rotatable bonds is 5. The van der Waals surface area contributed by atoms with Gasteiger partial charge >= 0.3 is 0 Å². The molecule has 1 aromatic carbocycles. The average molecular weight is 216 g/mol. The summed E-state index contributed by atoms with van der Waals surface area (Å²) in [6.07, 6.45) is -1.38. The predicted molar refractivity (Wildman–Crippen MR) is 53.4 cm³/mol. The number of ether oxygens (including phenoxy) is 1. The van der Waals surface area contributed by atoms with Crippen molar-refractivity contribution in [2.45, 2.75) is 19.3 Å². The molecular formula is C11H14F2O2. The van der Waals surface area contributed by atoms with Crippen molar-refractivity contribution in [2.75, 3.05) is 13.7 Å². The second-order valence-corrected chi connectivity index (χ2v) is 3.20. The van der Waals surface area contributed by atoms with Crippen LogP contribution >= 0.6 is 0 Å². The molecule has 1 N–H and O–H groups in total. The topological polar surface area (TPSA) is 29.5 Å². The Morgan fingerprint density at radius 1 is 1.40 bits per heavy atom. The molecule has 15 heavy (non-hydrogen) atoms. The van der Waals surface area contributed by atoms with E-state index in [9.17, 15) is 8.78 Å². The summed E-state index contributed by atoms with van der Waals surface area (Å²) < 4.78 is 29.9.